The molecule has 2 N–H and O–H groups in total. The van der Waals surface area contributed by atoms with Crippen LogP contribution < -0.4 is 5.32 Å². The molecule has 0 bridgehead atoms. The van der Waals surface area contributed by atoms with Crippen LogP contribution in [0.1, 0.15) is 43.5 Å². The molecule has 0 radical (unpaired) electrons. The number of rotatable bonds is 2. The monoisotopic (exact) mass is 270 g/mol. The van der Waals surface area contributed by atoms with Crippen molar-refractivity contribution in [2.24, 2.45) is 11.8 Å². The summed E-state index contributed by atoms with van der Waals surface area (Å²) in [6.07, 6.45) is 5.40. The summed E-state index contributed by atoms with van der Waals surface area (Å²) in [5, 5.41) is 4.24. The van der Waals surface area contributed by atoms with Crippen molar-refractivity contribution < 1.29 is 4.79 Å². The minimum absolute atomic E-state index is 0.0570. The van der Waals surface area contributed by atoms with Gasteiger partial charge in [0.1, 0.15) is 0 Å². The van der Waals surface area contributed by atoms with Gasteiger partial charge in [-0.3, -0.25) is 4.79 Å². The summed E-state index contributed by atoms with van der Waals surface area (Å²) in [6.45, 7) is 4.55. The lowest BCUT2D eigenvalue weighted by Gasteiger charge is -2.33. The standard InChI is InChI=1S/C17H22N2O/c1-11-6-7-15(12(2)10-11)19-17(20)14-4-3-5-16-13(14)8-9-18-16/h3-5,8-9,11-12,15,18H,6-7,10H2,1-2H3,(H,19,20). The first-order valence-corrected chi connectivity index (χ1v) is 7.52. The van der Waals surface area contributed by atoms with Crippen molar-refractivity contribution in [3.8, 4) is 0 Å². The molecule has 1 fully saturated rings. The van der Waals surface area contributed by atoms with Crippen LogP contribution in [0.5, 0.6) is 0 Å². The van der Waals surface area contributed by atoms with Crippen molar-refractivity contribution in [3.05, 3.63) is 36.0 Å². The maximum absolute atomic E-state index is 12.5. The Bertz CT molecular complexity index is 616. The molecule has 3 atom stereocenters. The minimum Gasteiger partial charge on any atom is -0.361 e. The smallest absolute Gasteiger partial charge is 0.252 e. The molecule has 1 heterocycles. The number of fused-ring (bicyclic) bond motifs is 1. The molecule has 3 unspecified atom stereocenters. The first-order valence-electron chi connectivity index (χ1n) is 7.52. The van der Waals surface area contributed by atoms with E-state index in [1.54, 1.807) is 0 Å². The number of benzene rings is 1. The second-order valence-electron chi connectivity index (χ2n) is 6.22. The number of carbonyl (C=O) groups excluding carboxylic acids is 1. The zero-order valence-electron chi connectivity index (χ0n) is 12.1. The van der Waals surface area contributed by atoms with Crippen molar-refractivity contribution >= 4 is 16.8 Å². The number of hydrogen-bond donors (Lipinski definition) is 2. The molecule has 0 spiro atoms. The van der Waals surface area contributed by atoms with E-state index in [1.807, 2.05) is 30.5 Å². The Morgan fingerprint density at radius 3 is 2.90 bits per heavy atom. The number of aromatic nitrogens is 1. The Balaban J connectivity index is 1.78. The normalized spacial score (nSPS) is 26.6. The van der Waals surface area contributed by atoms with Gasteiger partial charge in [-0.1, -0.05) is 19.9 Å². The van der Waals surface area contributed by atoms with E-state index in [0.717, 1.165) is 28.8 Å². The van der Waals surface area contributed by atoms with Gasteiger partial charge in [0.15, 0.2) is 0 Å². The highest BCUT2D eigenvalue weighted by atomic mass is 16.1. The largest absolute Gasteiger partial charge is 0.361 e. The number of hydrogen-bond acceptors (Lipinski definition) is 1. The molecule has 20 heavy (non-hydrogen) atoms. The Morgan fingerprint density at radius 2 is 2.10 bits per heavy atom. The van der Waals surface area contributed by atoms with Crippen LogP contribution in [0.25, 0.3) is 10.9 Å². The van der Waals surface area contributed by atoms with Gasteiger partial charge in [-0.15, -0.1) is 0 Å². The molecule has 1 aliphatic rings. The molecule has 1 saturated carbocycles. The van der Waals surface area contributed by atoms with Crippen LogP contribution in [-0.4, -0.2) is 16.9 Å². The second-order valence-corrected chi connectivity index (χ2v) is 6.22. The fourth-order valence-corrected chi connectivity index (χ4v) is 3.41. The van der Waals surface area contributed by atoms with Crippen LogP contribution in [0.2, 0.25) is 0 Å². The van der Waals surface area contributed by atoms with Crippen LogP contribution in [0.3, 0.4) is 0 Å². The van der Waals surface area contributed by atoms with Gasteiger partial charge in [-0.05, 0) is 49.3 Å². The minimum atomic E-state index is 0.0570. The van der Waals surface area contributed by atoms with Gasteiger partial charge < -0.3 is 10.3 Å². The lowest BCUT2D eigenvalue weighted by molar-refractivity contribution is 0.0901. The third kappa shape index (κ3) is 2.45. The lowest BCUT2D eigenvalue weighted by atomic mass is 9.80. The van der Waals surface area contributed by atoms with Crippen LogP contribution in [0, 0.1) is 11.8 Å². The first-order chi connectivity index (χ1) is 9.65. The fraction of sp³-hybridized carbons (Fsp3) is 0.471. The average Bonchev–Trinajstić information content (AvgIpc) is 2.90. The highest BCUT2D eigenvalue weighted by Gasteiger charge is 2.27. The van der Waals surface area contributed by atoms with Crippen molar-refractivity contribution in [2.45, 2.75) is 39.2 Å². The highest BCUT2D eigenvalue weighted by molar-refractivity contribution is 6.06. The summed E-state index contributed by atoms with van der Waals surface area (Å²) in [5.41, 5.74) is 1.79. The Kier molecular flexibility index (Phi) is 3.51. The van der Waals surface area contributed by atoms with Crippen LogP contribution >= 0.6 is 0 Å². The third-order valence-electron chi connectivity index (χ3n) is 4.59. The molecular formula is C17H22N2O. The van der Waals surface area contributed by atoms with Crippen LogP contribution in [-0.2, 0) is 0 Å². The summed E-state index contributed by atoms with van der Waals surface area (Å²) in [5.74, 6) is 1.40. The summed E-state index contributed by atoms with van der Waals surface area (Å²) < 4.78 is 0. The first kappa shape index (κ1) is 13.2. The number of carbonyl (C=O) groups is 1. The van der Waals surface area contributed by atoms with E-state index in [4.69, 9.17) is 0 Å². The molecule has 1 aromatic carbocycles. The van der Waals surface area contributed by atoms with E-state index in [0.29, 0.717) is 12.0 Å². The summed E-state index contributed by atoms with van der Waals surface area (Å²) in [6, 6.07) is 8.11. The quantitative estimate of drug-likeness (QED) is 0.858. The molecule has 1 aromatic heterocycles. The predicted molar refractivity (Wildman–Crippen MR) is 81.7 cm³/mol. The van der Waals surface area contributed by atoms with Gasteiger partial charge in [0.05, 0.1) is 0 Å². The maximum Gasteiger partial charge on any atom is 0.252 e. The molecule has 3 heteroatoms. The maximum atomic E-state index is 12.5. The molecule has 1 aliphatic carbocycles. The zero-order chi connectivity index (χ0) is 14.1. The van der Waals surface area contributed by atoms with Gasteiger partial charge in [0.2, 0.25) is 0 Å². The number of nitrogens with one attached hydrogen (secondary N) is 2. The molecule has 1 amide bonds. The van der Waals surface area contributed by atoms with E-state index in [-0.39, 0.29) is 5.91 Å². The third-order valence-corrected chi connectivity index (χ3v) is 4.59. The Morgan fingerprint density at radius 1 is 1.25 bits per heavy atom. The van der Waals surface area contributed by atoms with E-state index >= 15 is 0 Å². The molecule has 106 valence electrons. The molecular weight excluding hydrogens is 248 g/mol. The van der Waals surface area contributed by atoms with Crippen molar-refractivity contribution in [1.29, 1.82) is 0 Å². The summed E-state index contributed by atoms with van der Waals surface area (Å²) >= 11 is 0. The van der Waals surface area contributed by atoms with Crippen molar-refractivity contribution in [1.82, 2.24) is 10.3 Å². The van der Waals surface area contributed by atoms with Crippen molar-refractivity contribution in [2.75, 3.05) is 0 Å². The summed E-state index contributed by atoms with van der Waals surface area (Å²) in [4.78, 5) is 15.7. The molecule has 3 nitrogen and oxygen atoms in total. The topological polar surface area (TPSA) is 44.9 Å². The summed E-state index contributed by atoms with van der Waals surface area (Å²) in [7, 11) is 0. The predicted octanol–water partition coefficient (Wildman–Crippen LogP) is 3.72. The molecule has 3 rings (SSSR count). The molecule has 0 saturated heterocycles. The molecule has 2 aromatic rings. The Hall–Kier alpha value is -1.77. The van der Waals surface area contributed by atoms with Gasteiger partial charge in [0, 0.05) is 28.7 Å². The van der Waals surface area contributed by atoms with E-state index in [1.165, 1.54) is 12.8 Å². The fourth-order valence-electron chi connectivity index (χ4n) is 3.41. The van der Waals surface area contributed by atoms with Gasteiger partial charge in [0.25, 0.3) is 5.91 Å². The van der Waals surface area contributed by atoms with Crippen molar-refractivity contribution in [3.63, 3.8) is 0 Å². The van der Waals surface area contributed by atoms with Gasteiger partial charge >= 0.3 is 0 Å². The Labute approximate surface area is 119 Å². The lowest BCUT2D eigenvalue weighted by Crippen LogP contribution is -2.42. The SMILES string of the molecule is CC1CCC(NC(=O)c2cccc3[nH]ccc23)C(C)C1. The highest BCUT2D eigenvalue weighted by Crippen LogP contribution is 2.29. The van der Waals surface area contributed by atoms with Gasteiger partial charge in [-0.25, -0.2) is 0 Å². The number of amides is 1. The van der Waals surface area contributed by atoms with E-state index < -0.39 is 0 Å². The van der Waals surface area contributed by atoms with Crippen LogP contribution in [0.15, 0.2) is 30.5 Å². The number of aromatic amines is 1. The molecule has 0 aliphatic heterocycles. The van der Waals surface area contributed by atoms with E-state index in [2.05, 4.69) is 24.1 Å². The van der Waals surface area contributed by atoms with Crippen LogP contribution in [0.4, 0.5) is 0 Å². The second kappa shape index (κ2) is 5.31. The zero-order valence-corrected chi connectivity index (χ0v) is 12.1. The average molecular weight is 270 g/mol. The van der Waals surface area contributed by atoms with E-state index in [9.17, 15) is 4.79 Å². The number of H-pyrrole nitrogens is 1. The van der Waals surface area contributed by atoms with Gasteiger partial charge in [-0.2, -0.15) is 0 Å².